The molecule has 2 aliphatic heterocycles. The van der Waals surface area contributed by atoms with E-state index in [1.54, 1.807) is 11.8 Å². The van der Waals surface area contributed by atoms with Crippen LogP contribution in [0.4, 0.5) is 0 Å². The molecule has 2 aromatic carbocycles. The largest absolute Gasteiger partial charge is 0.492 e. The van der Waals surface area contributed by atoms with Crippen molar-refractivity contribution in [1.82, 2.24) is 14.7 Å². The van der Waals surface area contributed by atoms with Gasteiger partial charge in [-0.05, 0) is 55.8 Å². The van der Waals surface area contributed by atoms with Crippen molar-refractivity contribution in [3.8, 4) is 11.5 Å². The first-order chi connectivity index (χ1) is 17.0. The number of carbonyl (C=O) groups excluding carboxylic acids is 1. The third kappa shape index (κ3) is 7.95. The van der Waals surface area contributed by atoms with Gasteiger partial charge in [0.05, 0.1) is 6.54 Å². The third-order valence-electron chi connectivity index (χ3n) is 6.84. The van der Waals surface area contributed by atoms with E-state index in [9.17, 15) is 9.90 Å². The topological polar surface area (TPSA) is 65.5 Å². The Balaban J connectivity index is 1.32. The van der Waals surface area contributed by atoms with Gasteiger partial charge in [0.25, 0.3) is 0 Å². The molecular formula is C28H39N3O4. The van der Waals surface area contributed by atoms with Gasteiger partial charge >= 0.3 is 0 Å². The lowest BCUT2D eigenvalue weighted by molar-refractivity contribution is -0.132. The summed E-state index contributed by atoms with van der Waals surface area (Å²) >= 11 is 0. The quantitative estimate of drug-likeness (QED) is 0.594. The fraction of sp³-hybridized carbons (Fsp3) is 0.536. The number of hydrogen-bond acceptors (Lipinski definition) is 6. The Morgan fingerprint density at radius 1 is 0.857 bits per heavy atom. The predicted molar refractivity (Wildman–Crippen MR) is 137 cm³/mol. The van der Waals surface area contributed by atoms with Gasteiger partial charge in [0.1, 0.15) is 30.3 Å². The number of aliphatic hydroxyl groups is 1. The average Bonchev–Trinajstić information content (AvgIpc) is 3.04. The molecule has 2 heterocycles. The summed E-state index contributed by atoms with van der Waals surface area (Å²) in [6, 6.07) is 17.7. The van der Waals surface area contributed by atoms with E-state index in [-0.39, 0.29) is 19.1 Å². The maximum atomic E-state index is 12.1. The normalized spacial score (nSPS) is 21.9. The van der Waals surface area contributed by atoms with Gasteiger partial charge < -0.3 is 19.5 Å². The molecule has 2 aliphatic rings. The number of para-hydroxylation sites is 1. The van der Waals surface area contributed by atoms with Crippen LogP contribution < -0.4 is 9.47 Å². The van der Waals surface area contributed by atoms with Crippen molar-refractivity contribution in [2.45, 2.75) is 38.3 Å². The van der Waals surface area contributed by atoms with Crippen molar-refractivity contribution in [2.75, 3.05) is 59.0 Å². The average molecular weight is 482 g/mol. The van der Waals surface area contributed by atoms with Gasteiger partial charge in [-0.3, -0.25) is 14.6 Å². The molecule has 0 spiro atoms. The van der Waals surface area contributed by atoms with E-state index in [2.05, 4.69) is 21.9 Å². The van der Waals surface area contributed by atoms with Gasteiger partial charge in [-0.1, -0.05) is 36.8 Å². The minimum atomic E-state index is -1.16. The third-order valence-corrected chi connectivity index (χ3v) is 6.84. The zero-order valence-electron chi connectivity index (χ0n) is 20.9. The molecule has 190 valence electrons. The maximum Gasteiger partial charge on any atom is 0.219 e. The van der Waals surface area contributed by atoms with E-state index in [0.717, 1.165) is 17.9 Å². The molecule has 0 unspecified atom stereocenters. The molecule has 1 N–H and O–H groups in total. The number of ether oxygens (including phenoxy) is 2. The predicted octanol–water partition coefficient (Wildman–Crippen LogP) is 3.03. The number of nitrogens with zero attached hydrogens (tertiary/aromatic N) is 3. The van der Waals surface area contributed by atoms with Crippen LogP contribution in [0.25, 0.3) is 0 Å². The second kappa shape index (κ2) is 12.4. The lowest BCUT2D eigenvalue weighted by atomic mass is 10.0. The van der Waals surface area contributed by atoms with Gasteiger partial charge in [0.15, 0.2) is 0 Å². The van der Waals surface area contributed by atoms with Gasteiger partial charge in [0.2, 0.25) is 5.91 Å². The minimum absolute atomic E-state index is 0.0314. The van der Waals surface area contributed by atoms with Crippen LogP contribution in [-0.2, 0) is 11.3 Å². The van der Waals surface area contributed by atoms with Gasteiger partial charge in [0, 0.05) is 39.6 Å². The maximum absolute atomic E-state index is 12.1. The Morgan fingerprint density at radius 3 is 2.29 bits per heavy atom. The Morgan fingerprint density at radius 2 is 1.57 bits per heavy atom. The monoisotopic (exact) mass is 481 g/mol. The molecule has 4 rings (SSSR count). The smallest absolute Gasteiger partial charge is 0.219 e. The van der Waals surface area contributed by atoms with Gasteiger partial charge in [-0.15, -0.1) is 0 Å². The summed E-state index contributed by atoms with van der Waals surface area (Å²) < 4.78 is 11.9. The summed E-state index contributed by atoms with van der Waals surface area (Å²) in [5, 5.41) is 11.4. The van der Waals surface area contributed by atoms with Crippen LogP contribution in [0.5, 0.6) is 11.5 Å². The molecule has 1 amide bonds. The van der Waals surface area contributed by atoms with E-state index in [1.165, 1.54) is 32.4 Å². The van der Waals surface area contributed by atoms with E-state index in [0.29, 0.717) is 38.5 Å². The summed E-state index contributed by atoms with van der Waals surface area (Å²) in [4.78, 5) is 18.5. The number of hydrogen-bond donors (Lipinski definition) is 1. The Labute approximate surface area is 209 Å². The molecule has 1 atom stereocenters. The number of amides is 1. The van der Waals surface area contributed by atoms with Crippen molar-refractivity contribution < 1.29 is 19.4 Å². The molecule has 35 heavy (non-hydrogen) atoms. The van der Waals surface area contributed by atoms with Gasteiger partial charge in [-0.25, -0.2) is 0 Å². The number of rotatable bonds is 9. The number of piperidine rings is 1. The highest BCUT2D eigenvalue weighted by atomic mass is 16.5. The summed E-state index contributed by atoms with van der Waals surface area (Å²) in [6.45, 7) is 8.39. The highest BCUT2D eigenvalue weighted by molar-refractivity contribution is 5.73. The van der Waals surface area contributed by atoms with E-state index < -0.39 is 5.60 Å². The highest BCUT2D eigenvalue weighted by Crippen LogP contribution is 2.21. The SMILES string of the molecule is CC(=O)N1CCN(Cc2ccc(OCCN3CCCCC3)cc2)C[C@@](O)(COc2ccccc2)C1. The molecule has 0 aliphatic carbocycles. The molecule has 7 nitrogen and oxygen atoms in total. The fourth-order valence-electron chi connectivity index (χ4n) is 4.90. The van der Waals surface area contributed by atoms with E-state index in [4.69, 9.17) is 9.47 Å². The van der Waals surface area contributed by atoms with Gasteiger partial charge in [-0.2, -0.15) is 0 Å². The van der Waals surface area contributed by atoms with Crippen LogP contribution in [0.3, 0.4) is 0 Å². The molecule has 0 aromatic heterocycles. The summed E-state index contributed by atoms with van der Waals surface area (Å²) in [5.74, 6) is 1.56. The molecule has 7 heteroatoms. The van der Waals surface area contributed by atoms with E-state index in [1.807, 2.05) is 42.5 Å². The first-order valence-corrected chi connectivity index (χ1v) is 12.8. The Bertz CT molecular complexity index is 918. The Kier molecular flexibility index (Phi) is 9.01. The van der Waals surface area contributed by atoms with Crippen LogP contribution >= 0.6 is 0 Å². The molecule has 2 aromatic rings. The summed E-state index contributed by atoms with van der Waals surface area (Å²) in [6.07, 6.45) is 3.94. The van der Waals surface area contributed by atoms with Crippen molar-refractivity contribution in [1.29, 1.82) is 0 Å². The standard InChI is InChI=1S/C28H39N3O4/c1-24(32)31-17-16-30(21-28(33,22-31)23-35-26-8-4-2-5-9-26)20-25-10-12-27(13-11-25)34-19-18-29-14-6-3-7-15-29/h2,4-5,8-13,33H,3,6-7,14-23H2,1H3/t28-/m0/s1. The van der Waals surface area contributed by atoms with Crippen LogP contribution in [0, 0.1) is 0 Å². The molecule has 2 fully saturated rings. The first-order valence-electron chi connectivity index (χ1n) is 12.8. The molecular weight excluding hydrogens is 442 g/mol. The lowest BCUT2D eigenvalue weighted by Crippen LogP contribution is -2.51. The van der Waals surface area contributed by atoms with E-state index >= 15 is 0 Å². The highest BCUT2D eigenvalue weighted by Gasteiger charge is 2.36. The lowest BCUT2D eigenvalue weighted by Gasteiger charge is -2.32. The summed E-state index contributed by atoms with van der Waals surface area (Å²) in [5.41, 5.74) is -0.00817. The zero-order chi connectivity index (χ0) is 24.5. The molecule has 2 saturated heterocycles. The zero-order valence-corrected chi connectivity index (χ0v) is 20.9. The first kappa shape index (κ1) is 25.5. The number of β-amino-alcohol motifs (C(OH)–C–C–N with tert-alkyl or cyclic N) is 1. The van der Waals surface area contributed by atoms with Crippen molar-refractivity contribution in [3.63, 3.8) is 0 Å². The van der Waals surface area contributed by atoms with Crippen LogP contribution in [0.1, 0.15) is 31.7 Å². The summed E-state index contributed by atoms with van der Waals surface area (Å²) in [7, 11) is 0. The second-order valence-electron chi connectivity index (χ2n) is 9.87. The molecule has 0 bridgehead atoms. The van der Waals surface area contributed by atoms with Crippen molar-refractivity contribution >= 4 is 5.91 Å². The van der Waals surface area contributed by atoms with Crippen molar-refractivity contribution in [3.05, 3.63) is 60.2 Å². The fourth-order valence-corrected chi connectivity index (χ4v) is 4.90. The minimum Gasteiger partial charge on any atom is -0.492 e. The van der Waals surface area contributed by atoms with Crippen LogP contribution in [0.15, 0.2) is 54.6 Å². The number of carbonyl (C=O) groups is 1. The van der Waals surface area contributed by atoms with Crippen LogP contribution in [0.2, 0.25) is 0 Å². The molecule has 0 saturated carbocycles. The number of benzene rings is 2. The Hall–Kier alpha value is -2.61. The van der Waals surface area contributed by atoms with Crippen molar-refractivity contribution in [2.24, 2.45) is 0 Å². The van der Waals surface area contributed by atoms with Crippen LogP contribution in [-0.4, -0.2) is 90.3 Å². The second-order valence-corrected chi connectivity index (χ2v) is 9.87. The number of likely N-dealkylation sites (tertiary alicyclic amines) is 1. The molecule has 0 radical (unpaired) electrons.